The van der Waals surface area contributed by atoms with E-state index in [1.54, 1.807) is 19.3 Å². The lowest BCUT2D eigenvalue weighted by atomic mass is 9.97. The van der Waals surface area contributed by atoms with Crippen LogP contribution in [0.25, 0.3) is 0 Å². The quantitative estimate of drug-likeness (QED) is 0.799. The summed E-state index contributed by atoms with van der Waals surface area (Å²) in [5.74, 6) is -0.299. The van der Waals surface area contributed by atoms with E-state index in [1.807, 2.05) is 0 Å². The van der Waals surface area contributed by atoms with Crippen molar-refractivity contribution in [3.63, 3.8) is 0 Å². The number of hydrogen-bond donors (Lipinski definition) is 2. The Balaban J connectivity index is 2.22. The van der Waals surface area contributed by atoms with E-state index in [9.17, 15) is 9.59 Å². The highest BCUT2D eigenvalue weighted by Gasteiger charge is 2.38. The highest BCUT2D eigenvalue weighted by Crippen LogP contribution is 2.30. The molecule has 1 aliphatic rings. The predicted molar refractivity (Wildman–Crippen MR) is 77.1 cm³/mol. The Morgan fingerprint density at radius 3 is 2.63 bits per heavy atom. The summed E-state index contributed by atoms with van der Waals surface area (Å²) in [5, 5.41) is 2.90. The van der Waals surface area contributed by atoms with Gasteiger partial charge < -0.3 is 15.6 Å². The van der Waals surface area contributed by atoms with Crippen molar-refractivity contribution in [3.05, 3.63) is 34.2 Å². The molecular weight excluding hydrogens is 262 g/mol. The molecule has 0 spiro atoms. The van der Waals surface area contributed by atoms with E-state index in [4.69, 9.17) is 18.0 Å². The van der Waals surface area contributed by atoms with Crippen LogP contribution in [0, 0.1) is 0 Å². The average Bonchev–Trinajstić information content (AvgIpc) is 2.82. The number of carbonyl (C=O) groups excluding carboxylic acids is 1. The predicted octanol–water partition coefficient (Wildman–Crippen LogP) is 0.714. The zero-order valence-electron chi connectivity index (χ0n) is 10.8. The number of aromatic nitrogens is 1. The maximum Gasteiger partial charge on any atom is 0.252 e. The molecule has 0 aromatic carbocycles. The van der Waals surface area contributed by atoms with E-state index >= 15 is 0 Å². The van der Waals surface area contributed by atoms with Crippen LogP contribution in [0.1, 0.15) is 36.0 Å². The average molecular weight is 279 g/mol. The minimum absolute atomic E-state index is 0.219. The first-order valence-electron chi connectivity index (χ1n) is 6.24. The number of amides is 1. The Morgan fingerprint density at radius 2 is 2.11 bits per heavy atom. The van der Waals surface area contributed by atoms with Gasteiger partial charge in [-0.15, -0.1) is 0 Å². The van der Waals surface area contributed by atoms with E-state index in [1.165, 1.54) is 10.6 Å². The van der Waals surface area contributed by atoms with E-state index in [2.05, 4.69) is 5.32 Å². The molecule has 0 radical (unpaired) electrons. The Morgan fingerprint density at radius 1 is 1.47 bits per heavy atom. The summed E-state index contributed by atoms with van der Waals surface area (Å²) in [5.41, 5.74) is 5.29. The highest BCUT2D eigenvalue weighted by molar-refractivity contribution is 7.80. The molecule has 1 aromatic rings. The summed E-state index contributed by atoms with van der Waals surface area (Å²) in [6, 6.07) is 2.93. The van der Waals surface area contributed by atoms with Crippen molar-refractivity contribution < 1.29 is 4.79 Å². The first kappa shape index (κ1) is 13.7. The van der Waals surface area contributed by atoms with Crippen molar-refractivity contribution in [2.75, 3.05) is 0 Å². The van der Waals surface area contributed by atoms with Crippen LogP contribution in [0.4, 0.5) is 0 Å². The lowest BCUT2D eigenvalue weighted by Crippen LogP contribution is -2.54. The summed E-state index contributed by atoms with van der Waals surface area (Å²) >= 11 is 5.08. The molecule has 0 unspecified atom stereocenters. The molecule has 1 amide bonds. The minimum atomic E-state index is -0.590. The van der Waals surface area contributed by atoms with Gasteiger partial charge in [0, 0.05) is 24.9 Å². The zero-order valence-corrected chi connectivity index (χ0v) is 11.6. The van der Waals surface area contributed by atoms with Crippen LogP contribution >= 0.6 is 12.2 Å². The van der Waals surface area contributed by atoms with Crippen LogP contribution in [-0.2, 0) is 7.05 Å². The second kappa shape index (κ2) is 5.13. The summed E-state index contributed by atoms with van der Waals surface area (Å²) < 4.78 is 1.41. The van der Waals surface area contributed by atoms with Gasteiger partial charge in [-0.25, -0.2) is 0 Å². The molecule has 102 valence electrons. The summed E-state index contributed by atoms with van der Waals surface area (Å²) in [4.78, 5) is 24.0. The standard InChI is InChI=1S/C13H17N3O2S/c1-16-7-4-9(8-10(16)17)11(18)15-13(12(14)19)5-2-3-6-13/h4,7-8H,2-3,5-6H2,1H3,(H2,14,19)(H,15,18). The molecule has 1 aliphatic carbocycles. The van der Waals surface area contributed by atoms with Crippen molar-refractivity contribution in [1.29, 1.82) is 0 Å². The summed E-state index contributed by atoms with van der Waals surface area (Å²) in [6.45, 7) is 0. The van der Waals surface area contributed by atoms with Gasteiger partial charge in [-0.05, 0) is 18.9 Å². The van der Waals surface area contributed by atoms with Gasteiger partial charge in [0.15, 0.2) is 0 Å². The number of nitrogens with zero attached hydrogens (tertiary/aromatic N) is 1. The first-order chi connectivity index (χ1) is 8.94. The highest BCUT2D eigenvalue weighted by atomic mass is 32.1. The van der Waals surface area contributed by atoms with Gasteiger partial charge in [0.25, 0.3) is 11.5 Å². The van der Waals surface area contributed by atoms with Crippen molar-refractivity contribution >= 4 is 23.1 Å². The normalized spacial score (nSPS) is 17.1. The molecule has 5 nitrogen and oxygen atoms in total. The molecule has 1 aromatic heterocycles. The van der Waals surface area contributed by atoms with Crippen molar-refractivity contribution in [2.24, 2.45) is 12.8 Å². The molecule has 1 fully saturated rings. The number of rotatable bonds is 3. The molecule has 3 N–H and O–H groups in total. The second-order valence-electron chi connectivity index (χ2n) is 4.97. The molecule has 0 aliphatic heterocycles. The van der Waals surface area contributed by atoms with Gasteiger partial charge in [-0.2, -0.15) is 0 Å². The Labute approximate surface area is 116 Å². The zero-order chi connectivity index (χ0) is 14.0. The lowest BCUT2D eigenvalue weighted by molar-refractivity contribution is 0.0924. The Hall–Kier alpha value is -1.69. The van der Waals surface area contributed by atoms with Gasteiger partial charge in [-0.1, -0.05) is 25.1 Å². The number of thiocarbonyl (C=S) groups is 1. The third kappa shape index (κ3) is 2.68. The maximum atomic E-state index is 12.2. The van der Waals surface area contributed by atoms with Crippen molar-refractivity contribution in [2.45, 2.75) is 31.2 Å². The van der Waals surface area contributed by atoms with E-state index in [0.29, 0.717) is 10.6 Å². The molecule has 1 saturated carbocycles. The number of nitrogens with two attached hydrogens (primary N) is 1. The lowest BCUT2D eigenvalue weighted by Gasteiger charge is -2.29. The van der Waals surface area contributed by atoms with Crippen LogP contribution in [-0.4, -0.2) is 21.0 Å². The second-order valence-corrected chi connectivity index (χ2v) is 5.41. The first-order valence-corrected chi connectivity index (χ1v) is 6.64. The molecule has 2 rings (SSSR count). The van der Waals surface area contributed by atoms with Crippen LogP contribution in [0.3, 0.4) is 0 Å². The number of pyridine rings is 1. The third-order valence-electron chi connectivity index (χ3n) is 3.65. The van der Waals surface area contributed by atoms with Gasteiger partial charge in [0.1, 0.15) is 0 Å². The van der Waals surface area contributed by atoms with Crippen molar-refractivity contribution in [3.8, 4) is 0 Å². The molecule has 19 heavy (non-hydrogen) atoms. The van der Waals surface area contributed by atoms with Crippen LogP contribution in [0.5, 0.6) is 0 Å². The number of hydrogen-bond acceptors (Lipinski definition) is 3. The molecule has 6 heteroatoms. The van der Waals surface area contributed by atoms with E-state index < -0.39 is 5.54 Å². The largest absolute Gasteiger partial charge is 0.391 e. The van der Waals surface area contributed by atoms with Crippen LogP contribution in [0.15, 0.2) is 23.1 Å². The monoisotopic (exact) mass is 279 g/mol. The molecule has 0 bridgehead atoms. The number of nitrogens with one attached hydrogen (secondary N) is 1. The minimum Gasteiger partial charge on any atom is -0.391 e. The van der Waals surface area contributed by atoms with Gasteiger partial charge >= 0.3 is 0 Å². The van der Waals surface area contributed by atoms with E-state index in [0.717, 1.165) is 25.7 Å². The SMILES string of the molecule is Cn1ccc(C(=O)NC2(C(N)=S)CCCC2)cc1=O. The number of carbonyl (C=O) groups is 1. The van der Waals surface area contributed by atoms with E-state index in [-0.39, 0.29) is 11.5 Å². The summed E-state index contributed by atoms with van der Waals surface area (Å²) in [6.07, 6.45) is 5.08. The molecule has 1 heterocycles. The Kier molecular flexibility index (Phi) is 3.71. The Bertz CT molecular complexity index is 573. The maximum absolute atomic E-state index is 12.2. The fourth-order valence-corrected chi connectivity index (χ4v) is 2.65. The van der Waals surface area contributed by atoms with Gasteiger partial charge in [0.2, 0.25) is 0 Å². The van der Waals surface area contributed by atoms with Crippen LogP contribution < -0.4 is 16.6 Å². The smallest absolute Gasteiger partial charge is 0.252 e. The molecule has 0 saturated heterocycles. The fourth-order valence-electron chi connectivity index (χ4n) is 2.39. The third-order valence-corrected chi connectivity index (χ3v) is 4.04. The van der Waals surface area contributed by atoms with Crippen LogP contribution in [0.2, 0.25) is 0 Å². The fraction of sp³-hybridized carbons (Fsp3) is 0.462. The molecule has 0 atom stereocenters. The van der Waals surface area contributed by atoms with Gasteiger partial charge in [-0.3, -0.25) is 9.59 Å². The number of aryl methyl sites for hydroxylation is 1. The van der Waals surface area contributed by atoms with Gasteiger partial charge in [0.05, 0.1) is 10.5 Å². The molecular formula is C13H17N3O2S. The topological polar surface area (TPSA) is 77.1 Å². The summed E-state index contributed by atoms with van der Waals surface area (Å²) in [7, 11) is 1.64. The van der Waals surface area contributed by atoms with Crippen molar-refractivity contribution in [1.82, 2.24) is 9.88 Å².